The quantitative estimate of drug-likeness (QED) is 0.627. The average molecular weight is 457 g/mol. The molecule has 0 bridgehead atoms. The molecule has 2 N–H and O–H groups in total. The molecular weight excluding hydrogens is 442 g/mol. The van der Waals surface area contributed by atoms with Gasteiger partial charge in [0, 0.05) is 22.3 Å². The lowest BCUT2D eigenvalue weighted by molar-refractivity contribution is 0.291. The van der Waals surface area contributed by atoms with Crippen LogP contribution >= 0.6 is 15.9 Å². The van der Waals surface area contributed by atoms with Crippen molar-refractivity contribution in [2.24, 2.45) is 5.14 Å². The fourth-order valence-corrected chi connectivity index (χ4v) is 3.39. The highest BCUT2D eigenvalue weighted by Gasteiger charge is 2.28. The van der Waals surface area contributed by atoms with Crippen LogP contribution in [0.5, 0.6) is 5.75 Å². The number of nitrogens with zero attached hydrogens (tertiary/aromatic N) is 1. The lowest BCUT2D eigenvalue weighted by atomic mass is 10.1. The van der Waals surface area contributed by atoms with E-state index in [9.17, 15) is 8.42 Å². The van der Waals surface area contributed by atoms with Crippen molar-refractivity contribution in [3.05, 3.63) is 70.2 Å². The van der Waals surface area contributed by atoms with Crippen molar-refractivity contribution >= 4 is 42.6 Å². The Balaban J connectivity index is 2.22. The molecule has 0 spiro atoms. The molecule has 0 saturated heterocycles. The molecule has 3 rings (SSSR count). The number of nitrogens with two attached hydrogens (primary N) is 1. The fraction of sp³-hybridized carbons (Fsp3) is 0.111. The van der Waals surface area contributed by atoms with Gasteiger partial charge >= 0.3 is 0 Å². The minimum absolute atomic E-state index is 0.0367. The molecule has 5 nitrogen and oxygen atoms in total. The Morgan fingerprint density at radius 2 is 1.74 bits per heavy atom. The Morgan fingerprint density at radius 1 is 1.07 bits per heavy atom. The summed E-state index contributed by atoms with van der Waals surface area (Å²) in [5.41, 5.74) is 0.119. The second-order valence-corrected chi connectivity index (χ2v) is 8.28. The molecule has 0 aliphatic carbocycles. The largest absolute Gasteiger partial charge is 0.483 e. The van der Waals surface area contributed by atoms with Gasteiger partial charge < -0.3 is 4.74 Å². The van der Waals surface area contributed by atoms with E-state index in [0.29, 0.717) is 14.3 Å². The van der Waals surface area contributed by atoms with Crippen LogP contribution in [-0.4, -0.2) is 15.5 Å². The number of ether oxygens (including phenoxy) is 1. The maximum absolute atomic E-state index is 15.2. The lowest BCUT2D eigenvalue weighted by Crippen LogP contribution is -2.34. The van der Waals surface area contributed by atoms with Crippen molar-refractivity contribution in [3.63, 3.8) is 0 Å². The Hall–Kier alpha value is -2.23. The van der Waals surface area contributed by atoms with Crippen LogP contribution < -0.4 is 14.2 Å². The summed E-state index contributed by atoms with van der Waals surface area (Å²) in [7, 11) is -3.31. The first-order valence-electron chi connectivity index (χ1n) is 7.73. The van der Waals surface area contributed by atoms with Crippen LogP contribution in [0.25, 0.3) is 10.8 Å². The predicted molar refractivity (Wildman–Crippen MR) is 104 cm³/mol. The molecule has 0 heterocycles. The highest BCUT2D eigenvalue weighted by Crippen LogP contribution is 2.41. The van der Waals surface area contributed by atoms with Crippen molar-refractivity contribution in [1.82, 2.24) is 0 Å². The molecule has 27 heavy (non-hydrogen) atoms. The third-order valence-electron chi connectivity index (χ3n) is 4.00. The zero-order valence-corrected chi connectivity index (χ0v) is 16.5. The normalized spacial score (nSPS) is 11.6. The molecule has 0 aliphatic rings. The standard InChI is InChI=1S/C18H15BrF2N2O3S/c1-23(27(22,24)25)17-15(20)14-9-12(19)7-8-13(14)16(21)18(17)26-10-11-5-3-2-4-6-11/h2-9H,10H2,1H3,(H2,22,24,25). The van der Waals surface area contributed by atoms with Crippen LogP contribution in [0.4, 0.5) is 14.5 Å². The highest BCUT2D eigenvalue weighted by molar-refractivity contribution is 9.10. The smallest absolute Gasteiger partial charge is 0.298 e. The summed E-state index contributed by atoms with van der Waals surface area (Å²) in [4.78, 5) is 0. The van der Waals surface area contributed by atoms with Crippen molar-refractivity contribution in [3.8, 4) is 5.75 Å². The molecule has 0 saturated carbocycles. The number of halogens is 3. The van der Waals surface area contributed by atoms with E-state index in [-0.39, 0.29) is 17.4 Å². The van der Waals surface area contributed by atoms with Gasteiger partial charge in [-0.1, -0.05) is 52.3 Å². The first kappa shape index (κ1) is 19.5. The van der Waals surface area contributed by atoms with Gasteiger partial charge in [0.25, 0.3) is 10.2 Å². The lowest BCUT2D eigenvalue weighted by Gasteiger charge is -2.22. The number of rotatable bonds is 5. The van der Waals surface area contributed by atoms with E-state index in [1.165, 1.54) is 12.1 Å². The molecule has 0 unspecified atom stereocenters. The van der Waals surface area contributed by atoms with E-state index in [4.69, 9.17) is 9.88 Å². The van der Waals surface area contributed by atoms with E-state index in [0.717, 1.165) is 7.05 Å². The summed E-state index contributed by atoms with van der Waals surface area (Å²) in [6.45, 7) is -0.0787. The minimum Gasteiger partial charge on any atom is -0.483 e. The highest BCUT2D eigenvalue weighted by atomic mass is 79.9. The summed E-state index contributed by atoms with van der Waals surface area (Å²) in [6, 6.07) is 13.1. The second kappa shape index (κ2) is 7.41. The summed E-state index contributed by atoms with van der Waals surface area (Å²) in [6.07, 6.45) is 0. The molecule has 0 atom stereocenters. The van der Waals surface area contributed by atoms with Crippen LogP contribution in [-0.2, 0) is 16.8 Å². The topological polar surface area (TPSA) is 72.6 Å². The molecule has 0 radical (unpaired) electrons. The molecule has 9 heteroatoms. The monoisotopic (exact) mass is 456 g/mol. The SMILES string of the molecule is CN(c1c(OCc2ccccc2)c(F)c2ccc(Br)cc2c1F)S(N)(=O)=O. The Morgan fingerprint density at radius 3 is 2.37 bits per heavy atom. The fourth-order valence-electron chi connectivity index (χ4n) is 2.61. The van der Waals surface area contributed by atoms with Gasteiger partial charge in [0.2, 0.25) is 0 Å². The average Bonchev–Trinajstić information content (AvgIpc) is 2.63. The molecule has 142 valence electrons. The van der Waals surface area contributed by atoms with Crippen LogP contribution in [0.3, 0.4) is 0 Å². The van der Waals surface area contributed by atoms with Gasteiger partial charge in [-0.05, 0) is 17.7 Å². The van der Waals surface area contributed by atoms with Crippen LogP contribution in [0.2, 0.25) is 0 Å². The first-order chi connectivity index (χ1) is 12.7. The number of hydrogen-bond donors (Lipinski definition) is 1. The van der Waals surface area contributed by atoms with Gasteiger partial charge in [-0.3, -0.25) is 4.31 Å². The Kier molecular flexibility index (Phi) is 5.36. The number of benzene rings is 3. The number of fused-ring (bicyclic) bond motifs is 1. The third-order valence-corrected chi connectivity index (χ3v) is 5.44. The van der Waals surface area contributed by atoms with Crippen LogP contribution in [0, 0.1) is 11.6 Å². The van der Waals surface area contributed by atoms with E-state index in [1.54, 1.807) is 36.4 Å². The van der Waals surface area contributed by atoms with Gasteiger partial charge in [-0.15, -0.1) is 0 Å². The summed E-state index contributed by atoms with van der Waals surface area (Å²) in [5, 5.41) is 4.99. The summed E-state index contributed by atoms with van der Waals surface area (Å²) in [5.74, 6) is -2.35. The van der Waals surface area contributed by atoms with E-state index in [2.05, 4.69) is 15.9 Å². The molecule has 0 aromatic heterocycles. The van der Waals surface area contributed by atoms with E-state index < -0.39 is 33.3 Å². The van der Waals surface area contributed by atoms with Gasteiger partial charge in [0.15, 0.2) is 17.4 Å². The summed E-state index contributed by atoms with van der Waals surface area (Å²) >= 11 is 3.20. The maximum Gasteiger partial charge on any atom is 0.298 e. The number of anilines is 1. The van der Waals surface area contributed by atoms with Gasteiger partial charge in [-0.2, -0.15) is 8.42 Å². The molecular formula is C18H15BrF2N2O3S. The van der Waals surface area contributed by atoms with E-state index >= 15 is 8.78 Å². The van der Waals surface area contributed by atoms with Crippen LogP contribution in [0.15, 0.2) is 53.0 Å². The Labute approximate surface area is 163 Å². The molecule has 0 fully saturated rings. The summed E-state index contributed by atoms with van der Waals surface area (Å²) < 4.78 is 60.3. The minimum atomic E-state index is -4.34. The van der Waals surface area contributed by atoms with Gasteiger partial charge in [0.1, 0.15) is 12.3 Å². The van der Waals surface area contributed by atoms with Gasteiger partial charge in [0.05, 0.1) is 0 Å². The maximum atomic E-state index is 15.2. The molecule has 3 aromatic rings. The second-order valence-electron chi connectivity index (χ2n) is 5.78. The number of hydrogen-bond acceptors (Lipinski definition) is 3. The molecule has 0 aliphatic heterocycles. The van der Waals surface area contributed by atoms with Crippen molar-refractivity contribution in [2.45, 2.75) is 6.61 Å². The predicted octanol–water partition coefficient (Wildman–Crippen LogP) is 4.10. The molecule has 3 aromatic carbocycles. The van der Waals surface area contributed by atoms with Crippen LogP contribution in [0.1, 0.15) is 5.56 Å². The van der Waals surface area contributed by atoms with Crippen molar-refractivity contribution in [2.75, 3.05) is 11.4 Å². The Bertz CT molecular complexity index is 1110. The zero-order chi connectivity index (χ0) is 19.8. The van der Waals surface area contributed by atoms with Gasteiger partial charge in [-0.25, -0.2) is 13.9 Å². The first-order valence-corrected chi connectivity index (χ1v) is 10.0. The van der Waals surface area contributed by atoms with Crippen molar-refractivity contribution in [1.29, 1.82) is 0 Å². The van der Waals surface area contributed by atoms with E-state index in [1.807, 2.05) is 0 Å². The van der Waals surface area contributed by atoms with Crippen molar-refractivity contribution < 1.29 is 21.9 Å². The molecule has 0 amide bonds. The third kappa shape index (κ3) is 3.90. The zero-order valence-electron chi connectivity index (χ0n) is 14.1.